The van der Waals surface area contributed by atoms with Gasteiger partial charge in [0.05, 0.1) is 16.2 Å². The smallest absolute Gasteiger partial charge is 0.285 e. The van der Waals surface area contributed by atoms with Crippen LogP contribution >= 0.6 is 0 Å². The molecule has 0 bridgehead atoms. The van der Waals surface area contributed by atoms with Gasteiger partial charge in [0, 0.05) is 11.8 Å². The number of hydrogen-bond acceptors (Lipinski definition) is 4. The number of alkyl halides is 3. The van der Waals surface area contributed by atoms with Crippen LogP contribution in [0.1, 0.15) is 16.1 Å². The van der Waals surface area contributed by atoms with Crippen LogP contribution < -0.4 is 0 Å². The van der Waals surface area contributed by atoms with E-state index in [0.29, 0.717) is 15.6 Å². The molecule has 1 aliphatic rings. The maximum atomic E-state index is 13.3. The van der Waals surface area contributed by atoms with Crippen LogP contribution in [0.15, 0.2) is 77.3 Å². The first-order valence-electron chi connectivity index (χ1n) is 8.61. The highest BCUT2D eigenvalue weighted by molar-refractivity contribution is 7.90. The van der Waals surface area contributed by atoms with Crippen LogP contribution in [0, 0.1) is 0 Å². The second-order valence-corrected chi connectivity index (χ2v) is 8.31. The Morgan fingerprint density at radius 3 is 1.93 bits per heavy atom. The molecule has 0 radical (unpaired) electrons. The average molecular weight is 431 g/mol. The van der Waals surface area contributed by atoms with Crippen molar-refractivity contribution >= 4 is 27.7 Å². The van der Waals surface area contributed by atoms with E-state index in [4.69, 9.17) is 0 Å². The van der Waals surface area contributed by atoms with Gasteiger partial charge in [0.1, 0.15) is 5.57 Å². The molecule has 1 aliphatic carbocycles. The van der Waals surface area contributed by atoms with Crippen molar-refractivity contribution in [2.75, 3.05) is 0 Å². The maximum Gasteiger partial charge on any atom is 0.420 e. The Bertz CT molecular complexity index is 1310. The molecule has 1 aromatic heterocycles. The predicted molar refractivity (Wildman–Crippen MR) is 102 cm³/mol. The van der Waals surface area contributed by atoms with Crippen molar-refractivity contribution < 1.29 is 31.2 Å². The van der Waals surface area contributed by atoms with Crippen LogP contribution in [0.2, 0.25) is 0 Å². The Morgan fingerprint density at radius 1 is 0.800 bits per heavy atom. The van der Waals surface area contributed by atoms with Crippen LogP contribution in [0.25, 0.3) is 17.2 Å². The normalized spacial score (nSPS) is 14.4. The third-order valence-corrected chi connectivity index (χ3v) is 6.35. The van der Waals surface area contributed by atoms with Crippen molar-refractivity contribution in [2.24, 2.45) is 0 Å². The zero-order chi connectivity index (χ0) is 21.7. The lowest BCUT2D eigenvalue weighted by molar-refractivity contribution is -0.125. The van der Waals surface area contributed by atoms with Crippen molar-refractivity contribution in [1.29, 1.82) is 0 Å². The number of allylic oxidation sites excluding steroid dienone is 1. The molecule has 4 rings (SSSR count). The molecule has 0 saturated heterocycles. The van der Waals surface area contributed by atoms with Gasteiger partial charge in [0.15, 0.2) is 0 Å². The minimum atomic E-state index is -5.11. The first-order valence-corrected chi connectivity index (χ1v) is 10.1. The molecule has 152 valence electrons. The Hall–Kier alpha value is -3.46. The van der Waals surface area contributed by atoms with Gasteiger partial charge >= 0.3 is 6.18 Å². The highest BCUT2D eigenvalue weighted by Gasteiger charge is 2.46. The lowest BCUT2D eigenvalue weighted by atomic mass is 9.90. The second-order valence-electron chi connectivity index (χ2n) is 6.50. The van der Waals surface area contributed by atoms with Gasteiger partial charge in [0.25, 0.3) is 10.0 Å². The quantitative estimate of drug-likeness (QED) is 0.586. The molecule has 3 aromatic rings. The van der Waals surface area contributed by atoms with Crippen LogP contribution in [-0.2, 0) is 14.8 Å². The first kappa shape index (κ1) is 19.8. The molecule has 0 N–H and O–H groups in total. The summed E-state index contributed by atoms with van der Waals surface area (Å²) in [5.41, 5.74) is -2.14. The molecule has 0 amide bonds. The van der Waals surface area contributed by atoms with E-state index < -0.39 is 39.0 Å². The molecule has 0 spiro atoms. The van der Waals surface area contributed by atoms with Crippen LogP contribution in [0.5, 0.6) is 0 Å². The third kappa shape index (κ3) is 3.07. The first-order chi connectivity index (χ1) is 14.1. The minimum Gasteiger partial charge on any atom is -0.285 e. The van der Waals surface area contributed by atoms with Gasteiger partial charge in [-0.05, 0) is 23.8 Å². The summed E-state index contributed by atoms with van der Waals surface area (Å²) in [6.45, 7) is 0. The Morgan fingerprint density at radius 2 is 1.37 bits per heavy atom. The number of aromatic nitrogens is 1. The second kappa shape index (κ2) is 6.81. The summed E-state index contributed by atoms with van der Waals surface area (Å²) in [6, 6.07) is 15.1. The van der Waals surface area contributed by atoms with Gasteiger partial charge in [-0.25, -0.2) is 12.4 Å². The summed E-state index contributed by atoms with van der Waals surface area (Å²) in [5.74, 6) is -3.12. The van der Waals surface area contributed by atoms with E-state index in [0.717, 1.165) is 6.20 Å². The number of benzene rings is 2. The topological polar surface area (TPSA) is 73.2 Å². The summed E-state index contributed by atoms with van der Waals surface area (Å²) < 4.78 is 66.9. The largest absolute Gasteiger partial charge is 0.420 e. The highest BCUT2D eigenvalue weighted by Crippen LogP contribution is 2.39. The Labute approximate surface area is 169 Å². The molecule has 0 fully saturated rings. The van der Waals surface area contributed by atoms with E-state index in [-0.39, 0.29) is 16.0 Å². The Balaban J connectivity index is 2.08. The monoisotopic (exact) mass is 431 g/mol. The fraction of sp³-hybridized carbons (Fsp3) is 0.0476. The molecule has 2 aromatic carbocycles. The van der Waals surface area contributed by atoms with E-state index >= 15 is 0 Å². The van der Waals surface area contributed by atoms with Crippen LogP contribution in [0.4, 0.5) is 13.2 Å². The van der Waals surface area contributed by atoms with Crippen LogP contribution in [0.3, 0.4) is 0 Å². The van der Waals surface area contributed by atoms with E-state index in [1.54, 1.807) is 36.4 Å². The van der Waals surface area contributed by atoms with Crippen molar-refractivity contribution in [3.63, 3.8) is 0 Å². The van der Waals surface area contributed by atoms with Gasteiger partial charge < -0.3 is 0 Å². The number of carbonyl (C=O) groups is 2. The number of rotatable bonds is 3. The molecule has 0 unspecified atom stereocenters. The third-order valence-electron chi connectivity index (χ3n) is 4.66. The summed E-state index contributed by atoms with van der Waals surface area (Å²) in [6.07, 6.45) is -3.61. The zero-order valence-electron chi connectivity index (χ0n) is 15.1. The summed E-state index contributed by atoms with van der Waals surface area (Å²) in [5, 5.41) is 0. The zero-order valence-corrected chi connectivity index (χ0v) is 15.9. The number of hydrogen-bond donors (Lipinski definition) is 0. The average Bonchev–Trinajstić information content (AvgIpc) is 3.12. The molecule has 5 nitrogen and oxygen atoms in total. The fourth-order valence-corrected chi connectivity index (χ4v) is 4.64. The molecule has 1 heterocycles. The number of Topliss-reactive ketones (excluding diaryl/α,β-unsaturated/α-hetero) is 2. The van der Waals surface area contributed by atoms with Gasteiger partial charge in [0.2, 0.25) is 11.6 Å². The van der Waals surface area contributed by atoms with Crippen molar-refractivity contribution in [3.05, 3.63) is 83.7 Å². The van der Waals surface area contributed by atoms with E-state index in [1.165, 1.54) is 24.3 Å². The number of carbonyl (C=O) groups excluding carboxylic acids is 2. The number of nitrogens with zero attached hydrogens (tertiary/aromatic N) is 1. The van der Waals surface area contributed by atoms with Gasteiger partial charge in [-0.15, -0.1) is 0 Å². The highest BCUT2D eigenvalue weighted by atomic mass is 32.2. The minimum absolute atomic E-state index is 0.0564. The standard InChI is InChI=1S/C21H12F3NO4S/c22-21(23,24)16-11-17-18(20(27)19(16)26)15(13-7-3-1-4-8-13)12-25(17)30(28,29)14-9-5-2-6-10-14/h1-12H. The number of halogens is 3. The van der Waals surface area contributed by atoms with Crippen molar-refractivity contribution in [2.45, 2.75) is 11.1 Å². The predicted octanol–water partition coefficient (Wildman–Crippen LogP) is 4.10. The van der Waals surface area contributed by atoms with Gasteiger partial charge in [-0.2, -0.15) is 13.2 Å². The number of ketones is 2. The summed E-state index contributed by atoms with van der Waals surface area (Å²) in [7, 11) is -4.34. The molecular weight excluding hydrogens is 419 g/mol. The van der Waals surface area contributed by atoms with E-state index in [2.05, 4.69) is 0 Å². The van der Waals surface area contributed by atoms with E-state index in [9.17, 15) is 31.2 Å². The van der Waals surface area contributed by atoms with Crippen LogP contribution in [-0.4, -0.2) is 30.1 Å². The van der Waals surface area contributed by atoms with Crippen molar-refractivity contribution in [3.8, 4) is 11.1 Å². The van der Waals surface area contributed by atoms with Crippen molar-refractivity contribution in [1.82, 2.24) is 3.97 Å². The SMILES string of the molecule is O=C1C(=O)c2c(-c3ccccc3)cn(S(=O)(=O)c3ccccc3)c2C=C1C(F)(F)F. The lowest BCUT2D eigenvalue weighted by Crippen LogP contribution is -2.30. The Kier molecular flexibility index (Phi) is 4.50. The van der Waals surface area contributed by atoms with Gasteiger partial charge in [-0.1, -0.05) is 48.5 Å². The molecule has 0 aliphatic heterocycles. The number of fused-ring (bicyclic) bond motifs is 1. The summed E-state index contributed by atoms with van der Waals surface area (Å²) >= 11 is 0. The maximum absolute atomic E-state index is 13.3. The van der Waals surface area contributed by atoms with Gasteiger partial charge in [-0.3, -0.25) is 9.59 Å². The molecule has 30 heavy (non-hydrogen) atoms. The molecule has 9 heteroatoms. The molecule has 0 saturated carbocycles. The fourth-order valence-electron chi connectivity index (χ4n) is 3.26. The molecular formula is C21H12F3NO4S. The molecule has 0 atom stereocenters. The van der Waals surface area contributed by atoms with E-state index in [1.807, 2.05) is 0 Å². The summed E-state index contributed by atoms with van der Waals surface area (Å²) in [4.78, 5) is 24.6. The lowest BCUT2D eigenvalue weighted by Gasteiger charge is -2.17.